The van der Waals surface area contributed by atoms with E-state index >= 15 is 0 Å². The maximum Gasteiger partial charge on any atom is 0.271 e. The zero-order valence-corrected chi connectivity index (χ0v) is 18.4. The quantitative estimate of drug-likeness (QED) is 0.347. The van der Waals surface area contributed by atoms with Crippen molar-refractivity contribution in [2.24, 2.45) is 0 Å². The lowest BCUT2D eigenvalue weighted by atomic mass is 10.1. The van der Waals surface area contributed by atoms with E-state index in [0.717, 1.165) is 24.8 Å². The molecule has 32 heavy (non-hydrogen) atoms. The number of hydrogen-bond donors (Lipinski definition) is 1. The van der Waals surface area contributed by atoms with Gasteiger partial charge in [-0.3, -0.25) is 9.59 Å². The third-order valence-electron chi connectivity index (χ3n) is 5.13. The van der Waals surface area contributed by atoms with Gasteiger partial charge in [0.2, 0.25) is 0 Å². The molecular formula is C25H24N4O2S. The van der Waals surface area contributed by atoms with Gasteiger partial charge in [0, 0.05) is 31.0 Å². The number of hydrogen-bond acceptors (Lipinski definition) is 5. The van der Waals surface area contributed by atoms with Gasteiger partial charge in [-0.15, -0.1) is 0 Å². The fourth-order valence-corrected chi connectivity index (χ4v) is 4.41. The van der Waals surface area contributed by atoms with E-state index in [2.05, 4.69) is 15.3 Å². The highest BCUT2D eigenvalue weighted by atomic mass is 32.2. The number of aromatic nitrogens is 2. The summed E-state index contributed by atoms with van der Waals surface area (Å²) in [5.41, 5.74) is 1.56. The number of carbonyl (C=O) groups is 2. The zero-order valence-electron chi connectivity index (χ0n) is 17.6. The van der Waals surface area contributed by atoms with Crippen molar-refractivity contribution in [1.29, 1.82) is 0 Å². The number of nitrogens with zero attached hydrogens (tertiary/aromatic N) is 3. The van der Waals surface area contributed by atoms with Crippen molar-refractivity contribution in [3.8, 4) is 0 Å². The number of likely N-dealkylation sites (tertiary alicyclic amines) is 1. The molecule has 0 unspecified atom stereocenters. The molecule has 1 aromatic heterocycles. The Morgan fingerprint density at radius 3 is 2.00 bits per heavy atom. The summed E-state index contributed by atoms with van der Waals surface area (Å²) in [5.74, 6) is -0.509. The van der Waals surface area contributed by atoms with E-state index in [-0.39, 0.29) is 17.5 Å². The molecule has 3 aromatic rings. The van der Waals surface area contributed by atoms with Crippen LogP contribution in [0.5, 0.6) is 0 Å². The van der Waals surface area contributed by atoms with Crippen molar-refractivity contribution >= 4 is 28.5 Å². The molecule has 2 aromatic carbocycles. The molecule has 0 radical (unpaired) electrons. The van der Waals surface area contributed by atoms with E-state index < -0.39 is 0 Å². The fourth-order valence-electron chi connectivity index (χ4n) is 3.51. The highest BCUT2D eigenvalue weighted by molar-refractivity contribution is 8.08. The molecule has 0 aliphatic carbocycles. The largest absolute Gasteiger partial charge is 0.337 e. The van der Waals surface area contributed by atoms with Crippen LogP contribution in [-0.2, 0) is 4.79 Å². The SMILES string of the molecule is O=C(N/C(C(=O)N1CCCCC1)=C(\Sc1ncccn1)c1ccccc1)c1ccccc1. The highest BCUT2D eigenvalue weighted by Crippen LogP contribution is 2.35. The number of carbonyl (C=O) groups excluding carboxylic acids is 2. The summed E-state index contributed by atoms with van der Waals surface area (Å²) in [5, 5.41) is 3.43. The van der Waals surface area contributed by atoms with Gasteiger partial charge >= 0.3 is 0 Å². The minimum atomic E-state index is -0.325. The predicted molar refractivity (Wildman–Crippen MR) is 126 cm³/mol. The summed E-state index contributed by atoms with van der Waals surface area (Å²) in [7, 11) is 0. The summed E-state index contributed by atoms with van der Waals surface area (Å²) in [6.45, 7) is 1.36. The second-order valence-corrected chi connectivity index (χ2v) is 8.35. The summed E-state index contributed by atoms with van der Waals surface area (Å²) >= 11 is 1.27. The van der Waals surface area contributed by atoms with Gasteiger partial charge < -0.3 is 10.2 Å². The van der Waals surface area contributed by atoms with Gasteiger partial charge in [0.05, 0.1) is 4.91 Å². The fraction of sp³-hybridized carbons (Fsp3) is 0.200. The Morgan fingerprint density at radius 1 is 0.781 bits per heavy atom. The lowest BCUT2D eigenvalue weighted by Crippen LogP contribution is -2.41. The Bertz CT molecular complexity index is 1080. The topological polar surface area (TPSA) is 75.2 Å². The molecule has 1 saturated heterocycles. The Balaban J connectivity index is 1.79. The molecule has 1 fully saturated rings. The lowest BCUT2D eigenvalue weighted by Gasteiger charge is -2.28. The van der Waals surface area contributed by atoms with Crippen LogP contribution in [0.1, 0.15) is 35.2 Å². The van der Waals surface area contributed by atoms with Gasteiger partial charge in [-0.05, 0) is 54.8 Å². The van der Waals surface area contributed by atoms with Crippen LogP contribution in [0.4, 0.5) is 0 Å². The van der Waals surface area contributed by atoms with E-state index in [9.17, 15) is 9.59 Å². The van der Waals surface area contributed by atoms with E-state index in [1.54, 1.807) is 42.7 Å². The van der Waals surface area contributed by atoms with Gasteiger partial charge in [-0.1, -0.05) is 48.5 Å². The first kappa shape index (κ1) is 21.8. The minimum Gasteiger partial charge on any atom is -0.337 e. The molecule has 1 N–H and O–H groups in total. The average Bonchev–Trinajstić information content (AvgIpc) is 2.88. The number of piperidine rings is 1. The first-order valence-electron chi connectivity index (χ1n) is 10.6. The van der Waals surface area contributed by atoms with Crippen LogP contribution in [0.2, 0.25) is 0 Å². The van der Waals surface area contributed by atoms with E-state index in [0.29, 0.717) is 28.7 Å². The van der Waals surface area contributed by atoms with Gasteiger partial charge in [0.1, 0.15) is 5.70 Å². The zero-order chi connectivity index (χ0) is 22.2. The van der Waals surface area contributed by atoms with Gasteiger partial charge in [-0.2, -0.15) is 0 Å². The van der Waals surface area contributed by atoms with Gasteiger partial charge in [0.25, 0.3) is 11.8 Å². The Labute approximate surface area is 191 Å². The van der Waals surface area contributed by atoms with Crippen molar-refractivity contribution in [3.05, 3.63) is 95.9 Å². The molecule has 162 valence electrons. The molecule has 0 saturated carbocycles. The number of amides is 2. The van der Waals surface area contributed by atoms with Crippen molar-refractivity contribution in [2.75, 3.05) is 13.1 Å². The molecule has 2 heterocycles. The standard InChI is InChI=1S/C25H24N4O2S/c30-23(20-13-6-2-7-14-20)28-21(24(31)29-17-8-3-9-18-29)22(19-11-4-1-5-12-19)32-25-26-15-10-16-27-25/h1-2,4-7,10-16H,3,8-9,17-18H2,(H,28,30)/b22-21-. The predicted octanol–water partition coefficient (Wildman–Crippen LogP) is 4.38. The summed E-state index contributed by atoms with van der Waals surface area (Å²) in [6, 6.07) is 20.2. The Morgan fingerprint density at radius 2 is 1.38 bits per heavy atom. The summed E-state index contributed by atoms with van der Waals surface area (Å²) < 4.78 is 0. The van der Waals surface area contributed by atoms with E-state index in [4.69, 9.17) is 0 Å². The number of benzene rings is 2. The molecule has 7 heteroatoms. The number of thioether (sulfide) groups is 1. The summed E-state index contributed by atoms with van der Waals surface area (Å²) in [6.07, 6.45) is 6.35. The number of nitrogens with one attached hydrogen (secondary N) is 1. The molecule has 2 amide bonds. The lowest BCUT2D eigenvalue weighted by molar-refractivity contribution is -0.128. The summed E-state index contributed by atoms with van der Waals surface area (Å²) in [4.78, 5) is 37.8. The van der Waals surface area contributed by atoms with Crippen LogP contribution in [0, 0.1) is 0 Å². The average molecular weight is 445 g/mol. The first-order chi connectivity index (χ1) is 15.7. The normalized spacial score (nSPS) is 14.4. The molecule has 0 spiro atoms. The van der Waals surface area contributed by atoms with Gasteiger partial charge in [-0.25, -0.2) is 9.97 Å². The Hall–Kier alpha value is -3.45. The molecular weight excluding hydrogens is 420 g/mol. The van der Waals surface area contributed by atoms with E-state index in [1.807, 2.05) is 41.3 Å². The van der Waals surface area contributed by atoms with Gasteiger partial charge in [0.15, 0.2) is 5.16 Å². The first-order valence-corrected chi connectivity index (χ1v) is 11.4. The van der Waals surface area contributed by atoms with Crippen molar-refractivity contribution in [2.45, 2.75) is 24.4 Å². The maximum atomic E-state index is 13.7. The minimum absolute atomic E-state index is 0.184. The van der Waals surface area contributed by atoms with Crippen LogP contribution < -0.4 is 5.32 Å². The van der Waals surface area contributed by atoms with Crippen LogP contribution in [0.15, 0.2) is 90.0 Å². The number of rotatable bonds is 6. The molecule has 0 atom stereocenters. The van der Waals surface area contributed by atoms with E-state index in [1.165, 1.54) is 11.8 Å². The molecule has 1 aliphatic heterocycles. The third-order valence-corrected chi connectivity index (χ3v) is 6.17. The Kier molecular flexibility index (Phi) is 7.30. The highest BCUT2D eigenvalue weighted by Gasteiger charge is 2.27. The molecule has 4 rings (SSSR count). The molecule has 6 nitrogen and oxygen atoms in total. The van der Waals surface area contributed by atoms with Crippen molar-refractivity contribution < 1.29 is 9.59 Å². The van der Waals surface area contributed by atoms with Crippen LogP contribution in [0.25, 0.3) is 4.91 Å². The van der Waals surface area contributed by atoms with Crippen molar-refractivity contribution in [3.63, 3.8) is 0 Å². The van der Waals surface area contributed by atoms with Crippen LogP contribution >= 0.6 is 11.8 Å². The third kappa shape index (κ3) is 5.42. The maximum absolute atomic E-state index is 13.7. The second kappa shape index (κ2) is 10.7. The van der Waals surface area contributed by atoms with Crippen LogP contribution in [0.3, 0.4) is 0 Å². The monoisotopic (exact) mass is 444 g/mol. The molecule has 1 aliphatic rings. The molecule has 0 bridgehead atoms. The van der Waals surface area contributed by atoms with Crippen molar-refractivity contribution in [1.82, 2.24) is 20.2 Å². The smallest absolute Gasteiger partial charge is 0.271 e. The van der Waals surface area contributed by atoms with Crippen LogP contribution in [-0.4, -0.2) is 39.8 Å². The second-order valence-electron chi connectivity index (χ2n) is 7.38.